The van der Waals surface area contributed by atoms with Gasteiger partial charge in [0, 0.05) is 29.6 Å². The molecule has 0 bridgehead atoms. The summed E-state index contributed by atoms with van der Waals surface area (Å²) in [5, 5.41) is 16.6. The molecule has 0 saturated carbocycles. The molecule has 2 heterocycles. The highest BCUT2D eigenvalue weighted by molar-refractivity contribution is 6.32. The number of methoxy groups -OCH3 is 1. The average Bonchev–Trinajstić information content (AvgIpc) is 3.36. The number of hydrogen-bond acceptors (Lipinski definition) is 5. The van der Waals surface area contributed by atoms with Gasteiger partial charge in [-0.3, -0.25) is 0 Å². The van der Waals surface area contributed by atoms with Gasteiger partial charge in [-0.1, -0.05) is 17.7 Å². The van der Waals surface area contributed by atoms with Gasteiger partial charge in [-0.15, -0.1) is 5.10 Å². The van der Waals surface area contributed by atoms with E-state index in [1.165, 1.54) is 0 Å². The van der Waals surface area contributed by atoms with Crippen molar-refractivity contribution in [2.45, 2.75) is 20.8 Å². The molecule has 2 aromatic carbocycles. The van der Waals surface area contributed by atoms with Crippen molar-refractivity contribution in [3.63, 3.8) is 0 Å². The number of tetrazole rings is 1. The maximum Gasteiger partial charge on any atom is 0.198 e. The van der Waals surface area contributed by atoms with E-state index in [0.717, 1.165) is 52.4 Å². The van der Waals surface area contributed by atoms with Crippen molar-refractivity contribution in [1.82, 2.24) is 25.2 Å². The molecule has 7 nitrogen and oxygen atoms in total. The number of aromatic nitrogens is 5. The summed E-state index contributed by atoms with van der Waals surface area (Å²) in [6.07, 6.45) is 0. The number of benzene rings is 2. The molecule has 0 atom stereocenters. The summed E-state index contributed by atoms with van der Waals surface area (Å²) in [4.78, 5) is 2.31. The van der Waals surface area contributed by atoms with Gasteiger partial charge in [-0.2, -0.15) is 0 Å². The lowest BCUT2D eigenvalue weighted by Crippen LogP contribution is -2.22. The maximum absolute atomic E-state index is 6.54. The van der Waals surface area contributed by atoms with Crippen LogP contribution in [0.4, 0.5) is 5.69 Å². The Bertz CT molecular complexity index is 1150. The average molecular weight is 411 g/mol. The molecule has 150 valence electrons. The molecule has 1 N–H and O–H groups in total. The van der Waals surface area contributed by atoms with E-state index in [1.807, 2.05) is 37.3 Å². The van der Waals surface area contributed by atoms with Gasteiger partial charge in [0.1, 0.15) is 11.4 Å². The van der Waals surface area contributed by atoms with Crippen LogP contribution in [0.25, 0.3) is 28.1 Å². The second-order valence-corrected chi connectivity index (χ2v) is 7.18. The van der Waals surface area contributed by atoms with Gasteiger partial charge in [-0.25, -0.2) is 5.10 Å². The van der Waals surface area contributed by atoms with E-state index in [-0.39, 0.29) is 0 Å². The van der Waals surface area contributed by atoms with Gasteiger partial charge < -0.3 is 14.2 Å². The SMILES string of the molecule is CCN(CC)c1c(-c2nnn[nH]2)n(-c2cccc(OC)c2)c2cc(Cl)c(C)cc12. The zero-order valence-corrected chi connectivity index (χ0v) is 17.7. The summed E-state index contributed by atoms with van der Waals surface area (Å²) >= 11 is 6.54. The van der Waals surface area contributed by atoms with E-state index in [2.05, 4.69) is 50.0 Å². The molecule has 0 radical (unpaired) electrons. The molecule has 29 heavy (non-hydrogen) atoms. The first-order valence-electron chi connectivity index (χ1n) is 9.57. The summed E-state index contributed by atoms with van der Waals surface area (Å²) in [6, 6.07) is 12.1. The molecule has 0 saturated heterocycles. The topological polar surface area (TPSA) is 71.9 Å². The number of ether oxygens (including phenoxy) is 1. The summed E-state index contributed by atoms with van der Waals surface area (Å²) in [7, 11) is 1.66. The lowest BCUT2D eigenvalue weighted by molar-refractivity contribution is 0.414. The highest BCUT2D eigenvalue weighted by Crippen LogP contribution is 2.43. The quantitative estimate of drug-likeness (QED) is 0.501. The summed E-state index contributed by atoms with van der Waals surface area (Å²) in [5.41, 5.74) is 4.92. The zero-order valence-electron chi connectivity index (χ0n) is 16.9. The monoisotopic (exact) mass is 410 g/mol. The van der Waals surface area contributed by atoms with Crippen LogP contribution in [-0.4, -0.2) is 45.4 Å². The summed E-state index contributed by atoms with van der Waals surface area (Å²) in [5.74, 6) is 1.37. The van der Waals surface area contributed by atoms with Crippen LogP contribution in [-0.2, 0) is 0 Å². The van der Waals surface area contributed by atoms with Crippen molar-refractivity contribution in [2.24, 2.45) is 0 Å². The highest BCUT2D eigenvalue weighted by atomic mass is 35.5. The van der Waals surface area contributed by atoms with E-state index < -0.39 is 0 Å². The van der Waals surface area contributed by atoms with Crippen molar-refractivity contribution >= 4 is 28.2 Å². The van der Waals surface area contributed by atoms with Crippen LogP contribution in [0.15, 0.2) is 36.4 Å². The van der Waals surface area contributed by atoms with Crippen LogP contribution >= 0.6 is 11.6 Å². The standard InChI is InChI=1S/C21H23ClN6O/c1-5-27(6-2)19-16-10-13(3)17(22)12-18(16)28(20(19)21-23-25-26-24-21)14-8-7-9-15(11-14)29-4/h7-12H,5-6H2,1-4H3,(H,23,24,25,26). The molecule has 0 aliphatic carbocycles. The molecule has 4 rings (SSSR count). The fourth-order valence-corrected chi connectivity index (χ4v) is 3.91. The molecular formula is C21H23ClN6O. The van der Waals surface area contributed by atoms with Gasteiger partial charge >= 0.3 is 0 Å². The third-order valence-corrected chi connectivity index (χ3v) is 5.59. The molecular weight excluding hydrogens is 388 g/mol. The number of halogens is 1. The Kier molecular flexibility index (Phi) is 5.15. The minimum atomic E-state index is 0.597. The number of rotatable bonds is 6. The van der Waals surface area contributed by atoms with Crippen molar-refractivity contribution in [2.75, 3.05) is 25.1 Å². The number of aryl methyl sites for hydroxylation is 1. The van der Waals surface area contributed by atoms with Crippen LogP contribution in [0, 0.1) is 6.92 Å². The number of fused-ring (bicyclic) bond motifs is 1. The fourth-order valence-electron chi connectivity index (χ4n) is 3.75. The summed E-state index contributed by atoms with van der Waals surface area (Å²) < 4.78 is 7.60. The number of H-pyrrole nitrogens is 1. The predicted molar refractivity (Wildman–Crippen MR) is 116 cm³/mol. The fraction of sp³-hybridized carbons (Fsp3) is 0.286. The smallest absolute Gasteiger partial charge is 0.198 e. The molecule has 0 amide bonds. The van der Waals surface area contributed by atoms with E-state index >= 15 is 0 Å². The third-order valence-electron chi connectivity index (χ3n) is 5.18. The Hall–Kier alpha value is -3.06. The molecule has 0 spiro atoms. The first-order valence-corrected chi connectivity index (χ1v) is 9.94. The van der Waals surface area contributed by atoms with Crippen LogP contribution in [0.2, 0.25) is 5.02 Å². The van der Waals surface area contributed by atoms with Crippen molar-refractivity contribution in [3.05, 3.63) is 47.0 Å². The van der Waals surface area contributed by atoms with E-state index in [4.69, 9.17) is 16.3 Å². The lowest BCUT2D eigenvalue weighted by atomic mass is 10.1. The largest absolute Gasteiger partial charge is 0.497 e. The molecule has 4 aromatic rings. The molecule has 2 aromatic heterocycles. The Morgan fingerprint density at radius 2 is 1.97 bits per heavy atom. The molecule has 0 aliphatic heterocycles. The number of anilines is 1. The number of nitrogens with one attached hydrogen (secondary N) is 1. The normalized spacial score (nSPS) is 11.2. The van der Waals surface area contributed by atoms with Gasteiger partial charge in [0.05, 0.1) is 24.0 Å². The molecule has 8 heteroatoms. The lowest BCUT2D eigenvalue weighted by Gasteiger charge is -2.22. The molecule has 0 fully saturated rings. The van der Waals surface area contributed by atoms with Crippen LogP contribution in [0.5, 0.6) is 5.75 Å². The van der Waals surface area contributed by atoms with Crippen molar-refractivity contribution in [1.29, 1.82) is 0 Å². The van der Waals surface area contributed by atoms with E-state index in [0.29, 0.717) is 10.8 Å². The van der Waals surface area contributed by atoms with Gasteiger partial charge in [-0.05, 0) is 61.0 Å². The number of hydrogen-bond donors (Lipinski definition) is 1. The van der Waals surface area contributed by atoms with E-state index in [1.54, 1.807) is 7.11 Å². The molecule has 0 unspecified atom stereocenters. The number of nitrogens with zero attached hydrogens (tertiary/aromatic N) is 5. The Labute approximate surface area is 174 Å². The Morgan fingerprint density at radius 1 is 1.17 bits per heavy atom. The summed E-state index contributed by atoms with van der Waals surface area (Å²) in [6.45, 7) is 8.01. The van der Waals surface area contributed by atoms with E-state index in [9.17, 15) is 0 Å². The zero-order chi connectivity index (χ0) is 20.5. The third kappa shape index (κ3) is 3.21. The minimum Gasteiger partial charge on any atom is -0.497 e. The first-order chi connectivity index (χ1) is 14.1. The van der Waals surface area contributed by atoms with Crippen LogP contribution in [0.3, 0.4) is 0 Å². The minimum absolute atomic E-state index is 0.597. The molecule has 0 aliphatic rings. The van der Waals surface area contributed by atoms with Crippen molar-refractivity contribution in [3.8, 4) is 23.0 Å². The predicted octanol–water partition coefficient (Wildman–Crippen LogP) is 4.63. The van der Waals surface area contributed by atoms with Crippen LogP contribution in [0.1, 0.15) is 19.4 Å². The Balaban J connectivity index is 2.18. The van der Waals surface area contributed by atoms with Crippen molar-refractivity contribution < 1.29 is 4.74 Å². The first kappa shape index (κ1) is 19.3. The van der Waals surface area contributed by atoms with Gasteiger partial charge in [0.2, 0.25) is 0 Å². The van der Waals surface area contributed by atoms with Gasteiger partial charge in [0.15, 0.2) is 5.82 Å². The maximum atomic E-state index is 6.54. The highest BCUT2D eigenvalue weighted by Gasteiger charge is 2.26. The van der Waals surface area contributed by atoms with Gasteiger partial charge in [0.25, 0.3) is 0 Å². The Morgan fingerprint density at radius 3 is 2.62 bits per heavy atom. The second-order valence-electron chi connectivity index (χ2n) is 6.77. The second kappa shape index (κ2) is 7.75. The number of aromatic amines is 1. The van der Waals surface area contributed by atoms with Crippen LogP contribution < -0.4 is 9.64 Å².